The Balaban J connectivity index is 2.17. The van der Waals surface area contributed by atoms with Gasteiger partial charge in [-0.1, -0.05) is 13.8 Å². The minimum atomic E-state index is -0.997. The zero-order valence-corrected chi connectivity index (χ0v) is 15.1. The van der Waals surface area contributed by atoms with Crippen LogP contribution in [0.4, 0.5) is 5.69 Å². The van der Waals surface area contributed by atoms with E-state index in [0.717, 1.165) is 40.8 Å². The van der Waals surface area contributed by atoms with Crippen molar-refractivity contribution in [3.63, 3.8) is 0 Å². The number of rotatable bonds is 2. The van der Waals surface area contributed by atoms with E-state index in [9.17, 15) is 9.90 Å². The first-order chi connectivity index (χ1) is 11.4. The number of carboxylic acid groups (broad SMARTS) is 1. The number of fused-ring (bicyclic) bond motifs is 2. The average Bonchev–Trinajstić information content (AvgIpc) is 3.14. The van der Waals surface area contributed by atoms with Crippen LogP contribution in [0.15, 0.2) is 11.7 Å². The number of pyridine rings is 1. The molecule has 1 aliphatic rings. The summed E-state index contributed by atoms with van der Waals surface area (Å²) >= 11 is 2.72. The molecule has 1 aliphatic carbocycles. The summed E-state index contributed by atoms with van der Waals surface area (Å²) in [6, 6.07) is 0. The second-order valence-electron chi connectivity index (χ2n) is 6.75. The Bertz CT molecular complexity index is 958. The molecule has 124 valence electrons. The Kier molecular flexibility index (Phi) is 3.40. The Morgan fingerprint density at radius 3 is 2.88 bits per heavy atom. The lowest BCUT2D eigenvalue weighted by Gasteiger charge is -2.32. The van der Waals surface area contributed by atoms with Crippen LogP contribution in [0, 0.1) is 0 Å². The molecule has 0 spiro atoms. The molecule has 7 heteroatoms. The van der Waals surface area contributed by atoms with Gasteiger partial charge in [-0.2, -0.15) is 0 Å². The molecule has 3 heterocycles. The van der Waals surface area contributed by atoms with Crippen LogP contribution in [0.2, 0.25) is 0 Å². The standard InChI is InChI=1S/C17H17N3O2S2/c1-17(2)5-3-4-8-10(9-6-19-7-23-9)11-12(18)13(16(21)22)24-15(11)20-14(8)17/h6-7H,3-5,18H2,1-2H3,(H,21,22). The molecule has 24 heavy (non-hydrogen) atoms. The fourth-order valence-electron chi connectivity index (χ4n) is 3.59. The molecule has 0 unspecified atom stereocenters. The Labute approximate surface area is 147 Å². The number of carboxylic acids is 1. The minimum absolute atomic E-state index is 0.0245. The van der Waals surface area contributed by atoms with E-state index >= 15 is 0 Å². The zero-order chi connectivity index (χ0) is 17.1. The number of nitrogens with two attached hydrogens (primary N) is 1. The van der Waals surface area contributed by atoms with Gasteiger partial charge < -0.3 is 10.8 Å². The minimum Gasteiger partial charge on any atom is -0.477 e. The maximum absolute atomic E-state index is 11.5. The first-order valence-electron chi connectivity index (χ1n) is 7.77. The molecular weight excluding hydrogens is 342 g/mol. The normalized spacial score (nSPS) is 16.2. The van der Waals surface area contributed by atoms with E-state index in [2.05, 4.69) is 18.8 Å². The third-order valence-corrected chi connectivity index (χ3v) is 6.60. The Morgan fingerprint density at radius 2 is 2.21 bits per heavy atom. The van der Waals surface area contributed by atoms with Crippen LogP contribution in [0.25, 0.3) is 20.7 Å². The molecule has 4 rings (SSSR count). The Morgan fingerprint density at radius 1 is 1.42 bits per heavy atom. The van der Waals surface area contributed by atoms with Crippen LogP contribution in [0.1, 0.15) is 47.6 Å². The highest BCUT2D eigenvalue weighted by atomic mass is 32.1. The van der Waals surface area contributed by atoms with E-state index in [1.807, 2.05) is 6.20 Å². The highest BCUT2D eigenvalue weighted by molar-refractivity contribution is 7.21. The van der Waals surface area contributed by atoms with E-state index in [0.29, 0.717) is 10.5 Å². The molecule has 3 aromatic rings. The lowest BCUT2D eigenvalue weighted by atomic mass is 9.74. The molecule has 0 bridgehead atoms. The van der Waals surface area contributed by atoms with Gasteiger partial charge in [0.2, 0.25) is 0 Å². The van der Waals surface area contributed by atoms with E-state index in [4.69, 9.17) is 10.7 Å². The zero-order valence-electron chi connectivity index (χ0n) is 13.4. The van der Waals surface area contributed by atoms with Crippen LogP contribution in [-0.4, -0.2) is 21.0 Å². The van der Waals surface area contributed by atoms with Gasteiger partial charge in [-0.25, -0.2) is 9.78 Å². The highest BCUT2D eigenvalue weighted by Gasteiger charge is 2.34. The van der Waals surface area contributed by atoms with Crippen molar-refractivity contribution in [1.29, 1.82) is 0 Å². The number of carbonyl (C=O) groups is 1. The number of aromatic carboxylic acids is 1. The lowest BCUT2D eigenvalue weighted by Crippen LogP contribution is -2.26. The van der Waals surface area contributed by atoms with Crippen LogP contribution >= 0.6 is 22.7 Å². The fraction of sp³-hybridized carbons (Fsp3) is 0.353. The van der Waals surface area contributed by atoms with Gasteiger partial charge in [0.05, 0.1) is 21.8 Å². The van der Waals surface area contributed by atoms with Crippen molar-refractivity contribution in [2.75, 3.05) is 5.73 Å². The molecule has 0 aliphatic heterocycles. The van der Waals surface area contributed by atoms with Crippen LogP contribution < -0.4 is 5.73 Å². The van der Waals surface area contributed by atoms with Crippen molar-refractivity contribution >= 4 is 44.5 Å². The van der Waals surface area contributed by atoms with Crippen molar-refractivity contribution in [3.8, 4) is 10.4 Å². The first-order valence-corrected chi connectivity index (χ1v) is 9.47. The van der Waals surface area contributed by atoms with Gasteiger partial charge in [0, 0.05) is 22.6 Å². The summed E-state index contributed by atoms with van der Waals surface area (Å²) in [7, 11) is 0. The second-order valence-corrected chi connectivity index (χ2v) is 8.63. The summed E-state index contributed by atoms with van der Waals surface area (Å²) in [4.78, 5) is 22.5. The largest absolute Gasteiger partial charge is 0.477 e. The number of aromatic nitrogens is 2. The highest BCUT2D eigenvalue weighted by Crippen LogP contribution is 2.47. The summed E-state index contributed by atoms with van der Waals surface area (Å²) in [5, 5.41) is 10.2. The summed E-state index contributed by atoms with van der Waals surface area (Å²) in [5.74, 6) is -0.997. The predicted molar refractivity (Wildman–Crippen MR) is 98.1 cm³/mol. The van der Waals surface area contributed by atoms with Gasteiger partial charge in [0.1, 0.15) is 9.71 Å². The monoisotopic (exact) mass is 359 g/mol. The third kappa shape index (κ3) is 2.15. The van der Waals surface area contributed by atoms with E-state index < -0.39 is 5.97 Å². The van der Waals surface area contributed by atoms with E-state index in [-0.39, 0.29) is 10.3 Å². The van der Waals surface area contributed by atoms with Gasteiger partial charge in [0.15, 0.2) is 0 Å². The molecule has 3 N–H and O–H groups in total. The van der Waals surface area contributed by atoms with Gasteiger partial charge >= 0.3 is 5.97 Å². The second kappa shape index (κ2) is 5.26. The molecule has 0 radical (unpaired) electrons. The van der Waals surface area contributed by atoms with E-state index in [1.54, 1.807) is 16.8 Å². The Hall–Kier alpha value is -1.99. The fourth-order valence-corrected chi connectivity index (χ4v) is 5.23. The average molecular weight is 359 g/mol. The number of nitrogen functional groups attached to an aromatic ring is 1. The topological polar surface area (TPSA) is 89.1 Å². The van der Waals surface area contributed by atoms with Gasteiger partial charge in [0.25, 0.3) is 0 Å². The maximum Gasteiger partial charge on any atom is 0.348 e. The molecule has 3 aromatic heterocycles. The summed E-state index contributed by atoms with van der Waals surface area (Å²) < 4.78 is 0. The molecular formula is C17H17N3O2S2. The van der Waals surface area contributed by atoms with Crippen molar-refractivity contribution < 1.29 is 9.90 Å². The molecule has 0 amide bonds. The summed E-state index contributed by atoms with van der Waals surface area (Å²) in [6.07, 6.45) is 4.94. The number of anilines is 1. The number of nitrogens with zero attached hydrogens (tertiary/aromatic N) is 2. The SMILES string of the molecule is CC1(C)CCCc2c1nc1sc(C(=O)O)c(N)c1c2-c1cncs1. The maximum atomic E-state index is 11.5. The molecule has 0 aromatic carbocycles. The van der Waals surface area contributed by atoms with Crippen LogP contribution in [0.3, 0.4) is 0 Å². The third-order valence-electron chi connectivity index (χ3n) is 4.72. The number of hydrogen-bond acceptors (Lipinski definition) is 6. The lowest BCUT2D eigenvalue weighted by molar-refractivity contribution is 0.0703. The first kappa shape index (κ1) is 15.5. The number of hydrogen-bond donors (Lipinski definition) is 2. The van der Waals surface area contributed by atoms with Gasteiger partial charge in [-0.3, -0.25) is 4.98 Å². The van der Waals surface area contributed by atoms with Crippen molar-refractivity contribution in [1.82, 2.24) is 9.97 Å². The van der Waals surface area contributed by atoms with Crippen LogP contribution in [-0.2, 0) is 11.8 Å². The molecule has 0 saturated heterocycles. The predicted octanol–water partition coefficient (Wildman–Crippen LogP) is 4.31. The molecule has 5 nitrogen and oxygen atoms in total. The molecule has 0 atom stereocenters. The quantitative estimate of drug-likeness (QED) is 0.711. The van der Waals surface area contributed by atoms with Crippen molar-refractivity contribution in [2.24, 2.45) is 0 Å². The summed E-state index contributed by atoms with van der Waals surface area (Å²) in [6.45, 7) is 4.41. The molecule has 0 fully saturated rings. The number of thiophene rings is 1. The smallest absolute Gasteiger partial charge is 0.348 e. The summed E-state index contributed by atoms with van der Waals surface area (Å²) in [5.41, 5.74) is 11.6. The van der Waals surface area contributed by atoms with E-state index in [1.165, 1.54) is 16.9 Å². The van der Waals surface area contributed by atoms with Crippen molar-refractivity contribution in [3.05, 3.63) is 27.8 Å². The van der Waals surface area contributed by atoms with Gasteiger partial charge in [-0.05, 0) is 24.8 Å². The van der Waals surface area contributed by atoms with Gasteiger partial charge in [-0.15, -0.1) is 22.7 Å². The number of thiazole rings is 1. The van der Waals surface area contributed by atoms with Crippen LogP contribution in [0.5, 0.6) is 0 Å². The molecule has 0 saturated carbocycles. The van der Waals surface area contributed by atoms with Crippen molar-refractivity contribution in [2.45, 2.75) is 38.5 Å².